The number of carboxylic acids is 1. The van der Waals surface area contributed by atoms with Crippen LogP contribution in [0.25, 0.3) is 0 Å². The summed E-state index contributed by atoms with van der Waals surface area (Å²) in [5, 5.41) is 14.2. The molecule has 2 amide bonds. The fourth-order valence-electron chi connectivity index (χ4n) is 2.24. The largest absolute Gasteiger partial charge is 0.481 e. The molecule has 1 heterocycles. The van der Waals surface area contributed by atoms with Gasteiger partial charge < -0.3 is 15.7 Å². The topological polar surface area (TPSA) is 95.5 Å². The molecule has 0 saturated heterocycles. The monoisotopic (exact) mass is 290 g/mol. The molecule has 0 aliphatic carbocycles. The summed E-state index contributed by atoms with van der Waals surface area (Å²) in [4.78, 5) is 33.9. The number of rotatable bonds is 5. The van der Waals surface area contributed by atoms with Crippen molar-refractivity contribution < 1.29 is 19.5 Å². The Morgan fingerprint density at radius 3 is 2.86 bits per heavy atom. The minimum atomic E-state index is -0.874. The molecule has 0 saturated carbocycles. The van der Waals surface area contributed by atoms with E-state index in [0.29, 0.717) is 24.8 Å². The summed E-state index contributed by atoms with van der Waals surface area (Å²) in [6, 6.07) is 4.95. The van der Waals surface area contributed by atoms with Gasteiger partial charge in [0.25, 0.3) is 5.91 Å². The number of benzene rings is 1. The molecule has 1 aromatic carbocycles. The molecule has 112 valence electrons. The van der Waals surface area contributed by atoms with Crippen LogP contribution in [0.1, 0.15) is 42.1 Å². The van der Waals surface area contributed by atoms with E-state index in [2.05, 4.69) is 10.6 Å². The number of aliphatic carboxylic acids is 1. The van der Waals surface area contributed by atoms with Crippen LogP contribution in [-0.2, 0) is 16.0 Å². The molecule has 2 rings (SSSR count). The number of carboxylic acid groups (broad SMARTS) is 1. The fraction of sp³-hybridized carbons (Fsp3) is 0.400. The van der Waals surface area contributed by atoms with Crippen LogP contribution in [0, 0.1) is 0 Å². The second-order valence-corrected chi connectivity index (χ2v) is 5.23. The molecule has 6 nitrogen and oxygen atoms in total. The van der Waals surface area contributed by atoms with E-state index in [4.69, 9.17) is 5.11 Å². The van der Waals surface area contributed by atoms with Crippen LogP contribution in [0.3, 0.4) is 0 Å². The molecular formula is C15H18N2O4. The van der Waals surface area contributed by atoms with E-state index in [-0.39, 0.29) is 24.3 Å². The Labute approximate surface area is 122 Å². The van der Waals surface area contributed by atoms with Crippen LogP contribution < -0.4 is 10.6 Å². The van der Waals surface area contributed by atoms with Gasteiger partial charge in [0.2, 0.25) is 5.91 Å². The highest BCUT2D eigenvalue weighted by Gasteiger charge is 2.17. The summed E-state index contributed by atoms with van der Waals surface area (Å²) < 4.78 is 0. The third-order valence-electron chi connectivity index (χ3n) is 3.43. The summed E-state index contributed by atoms with van der Waals surface area (Å²) in [6.45, 7) is 1.78. The average molecular weight is 290 g/mol. The van der Waals surface area contributed by atoms with Crippen LogP contribution in [0.4, 0.5) is 5.69 Å². The van der Waals surface area contributed by atoms with Crippen LogP contribution in [0.5, 0.6) is 0 Å². The predicted molar refractivity (Wildman–Crippen MR) is 77.2 cm³/mol. The average Bonchev–Trinajstić information content (AvgIpc) is 2.44. The standard InChI is InChI=1S/C15H18N2O4/c1-9(2-7-14(19)20)16-15(21)11-3-5-12-10(8-11)4-6-13(18)17-12/h3,5,8-9H,2,4,6-7H2,1H3,(H,16,21)(H,17,18)(H,19,20). The zero-order valence-corrected chi connectivity index (χ0v) is 11.8. The van der Waals surface area contributed by atoms with Crippen molar-refractivity contribution in [3.63, 3.8) is 0 Å². The van der Waals surface area contributed by atoms with Crippen molar-refractivity contribution in [2.75, 3.05) is 5.32 Å². The maximum absolute atomic E-state index is 12.1. The van der Waals surface area contributed by atoms with Gasteiger partial charge in [0, 0.05) is 30.1 Å². The van der Waals surface area contributed by atoms with Gasteiger partial charge in [0.05, 0.1) is 0 Å². The first kappa shape index (κ1) is 15.0. The highest BCUT2D eigenvalue weighted by atomic mass is 16.4. The number of carbonyl (C=O) groups excluding carboxylic acids is 2. The SMILES string of the molecule is CC(CCC(=O)O)NC(=O)c1ccc2c(c1)CCC(=O)N2. The molecule has 1 aliphatic rings. The quantitative estimate of drug-likeness (QED) is 0.766. The lowest BCUT2D eigenvalue weighted by atomic mass is 10.00. The van der Waals surface area contributed by atoms with E-state index in [1.807, 2.05) is 0 Å². The van der Waals surface area contributed by atoms with Crippen molar-refractivity contribution >= 4 is 23.5 Å². The molecule has 0 bridgehead atoms. The number of hydrogen-bond donors (Lipinski definition) is 3. The Balaban J connectivity index is 2.00. The molecule has 1 unspecified atom stereocenters. The van der Waals surface area contributed by atoms with E-state index in [9.17, 15) is 14.4 Å². The minimum absolute atomic E-state index is 0.0120. The Bertz CT molecular complexity index is 583. The highest BCUT2D eigenvalue weighted by molar-refractivity contribution is 5.98. The second-order valence-electron chi connectivity index (χ2n) is 5.23. The molecule has 1 atom stereocenters. The first-order valence-corrected chi connectivity index (χ1v) is 6.91. The lowest BCUT2D eigenvalue weighted by Crippen LogP contribution is -2.33. The maximum atomic E-state index is 12.1. The molecule has 6 heteroatoms. The molecule has 1 aromatic rings. The normalized spacial score (nSPS) is 14.8. The second kappa shape index (κ2) is 6.39. The third kappa shape index (κ3) is 4.05. The van der Waals surface area contributed by atoms with E-state index in [1.54, 1.807) is 25.1 Å². The predicted octanol–water partition coefficient (Wildman–Crippen LogP) is 1.55. The molecular weight excluding hydrogens is 272 g/mol. The van der Waals surface area contributed by atoms with Gasteiger partial charge >= 0.3 is 5.97 Å². The lowest BCUT2D eigenvalue weighted by molar-refractivity contribution is -0.137. The van der Waals surface area contributed by atoms with E-state index in [1.165, 1.54) is 0 Å². The van der Waals surface area contributed by atoms with Crippen LogP contribution in [-0.4, -0.2) is 28.9 Å². The zero-order valence-electron chi connectivity index (χ0n) is 11.8. The number of fused-ring (bicyclic) bond motifs is 1. The molecule has 0 fully saturated rings. The first-order valence-electron chi connectivity index (χ1n) is 6.91. The van der Waals surface area contributed by atoms with Gasteiger partial charge in [-0.15, -0.1) is 0 Å². The maximum Gasteiger partial charge on any atom is 0.303 e. The first-order chi connectivity index (χ1) is 9.95. The number of amides is 2. The van der Waals surface area contributed by atoms with Gasteiger partial charge in [0.1, 0.15) is 0 Å². The van der Waals surface area contributed by atoms with Gasteiger partial charge in [-0.05, 0) is 43.5 Å². The summed E-state index contributed by atoms with van der Waals surface area (Å²) in [5.41, 5.74) is 2.22. The Morgan fingerprint density at radius 2 is 2.14 bits per heavy atom. The Morgan fingerprint density at radius 1 is 1.38 bits per heavy atom. The Hall–Kier alpha value is -2.37. The van der Waals surface area contributed by atoms with Gasteiger partial charge in [-0.25, -0.2) is 0 Å². The summed E-state index contributed by atoms with van der Waals surface area (Å²) >= 11 is 0. The summed E-state index contributed by atoms with van der Waals surface area (Å²) in [5.74, 6) is -1.12. The Kier molecular flexibility index (Phi) is 4.57. The summed E-state index contributed by atoms with van der Waals surface area (Å²) in [6.07, 6.45) is 1.46. The summed E-state index contributed by atoms with van der Waals surface area (Å²) in [7, 11) is 0. The molecule has 0 radical (unpaired) electrons. The van der Waals surface area contributed by atoms with Crippen molar-refractivity contribution in [3.05, 3.63) is 29.3 Å². The fourth-order valence-corrected chi connectivity index (χ4v) is 2.24. The molecule has 3 N–H and O–H groups in total. The van der Waals surface area contributed by atoms with Gasteiger partial charge in [-0.2, -0.15) is 0 Å². The van der Waals surface area contributed by atoms with E-state index < -0.39 is 5.97 Å². The number of anilines is 1. The number of nitrogens with one attached hydrogen (secondary N) is 2. The molecule has 21 heavy (non-hydrogen) atoms. The lowest BCUT2D eigenvalue weighted by Gasteiger charge is -2.18. The van der Waals surface area contributed by atoms with E-state index >= 15 is 0 Å². The van der Waals surface area contributed by atoms with Crippen LogP contribution in [0.15, 0.2) is 18.2 Å². The number of carbonyl (C=O) groups is 3. The minimum Gasteiger partial charge on any atom is -0.481 e. The number of hydrogen-bond acceptors (Lipinski definition) is 3. The van der Waals surface area contributed by atoms with Crippen molar-refractivity contribution in [2.24, 2.45) is 0 Å². The molecule has 0 spiro atoms. The van der Waals surface area contributed by atoms with E-state index in [0.717, 1.165) is 11.3 Å². The van der Waals surface area contributed by atoms with Gasteiger partial charge in [-0.3, -0.25) is 14.4 Å². The van der Waals surface area contributed by atoms with Crippen molar-refractivity contribution in [1.82, 2.24) is 5.32 Å². The van der Waals surface area contributed by atoms with Crippen LogP contribution in [0.2, 0.25) is 0 Å². The molecule has 1 aliphatic heterocycles. The van der Waals surface area contributed by atoms with Crippen molar-refractivity contribution in [3.8, 4) is 0 Å². The van der Waals surface area contributed by atoms with Crippen molar-refractivity contribution in [2.45, 2.75) is 38.6 Å². The third-order valence-corrected chi connectivity index (χ3v) is 3.43. The smallest absolute Gasteiger partial charge is 0.303 e. The molecule has 0 aromatic heterocycles. The van der Waals surface area contributed by atoms with Crippen LogP contribution >= 0.6 is 0 Å². The van der Waals surface area contributed by atoms with Crippen molar-refractivity contribution in [1.29, 1.82) is 0 Å². The number of aryl methyl sites for hydroxylation is 1. The van der Waals surface area contributed by atoms with Gasteiger partial charge in [0.15, 0.2) is 0 Å². The van der Waals surface area contributed by atoms with Gasteiger partial charge in [-0.1, -0.05) is 0 Å². The zero-order chi connectivity index (χ0) is 15.4. The highest BCUT2D eigenvalue weighted by Crippen LogP contribution is 2.23.